The molecular weight excluding hydrogens is 303 g/mol. The van der Waals surface area contributed by atoms with Crippen LogP contribution in [0.1, 0.15) is 17.5 Å². The van der Waals surface area contributed by atoms with E-state index in [4.69, 9.17) is 0 Å². The van der Waals surface area contributed by atoms with Gasteiger partial charge in [-0.15, -0.1) is 0 Å². The average molecular weight is 322 g/mol. The number of nitrogens with one attached hydrogen (secondary N) is 1. The topological polar surface area (TPSA) is 51.4 Å². The van der Waals surface area contributed by atoms with E-state index in [-0.39, 0.29) is 5.82 Å². The van der Waals surface area contributed by atoms with Gasteiger partial charge < -0.3 is 5.43 Å². The highest BCUT2D eigenvalue weighted by atomic mass is 19.1. The van der Waals surface area contributed by atoms with Crippen molar-refractivity contribution < 1.29 is 4.39 Å². The second-order valence-electron chi connectivity index (χ2n) is 5.97. The Morgan fingerprint density at radius 3 is 2.54 bits per heavy atom. The van der Waals surface area contributed by atoms with Gasteiger partial charge in [0.25, 0.3) is 0 Å². The molecule has 0 spiro atoms. The first-order valence-corrected chi connectivity index (χ1v) is 7.92. The van der Waals surface area contributed by atoms with Crippen molar-refractivity contribution in [1.82, 2.24) is 10.4 Å². The van der Waals surface area contributed by atoms with Gasteiger partial charge in [-0.1, -0.05) is 42.5 Å². The van der Waals surface area contributed by atoms with Crippen LogP contribution in [-0.2, 0) is 11.8 Å². The lowest BCUT2D eigenvalue weighted by molar-refractivity contribution is 0.217. The van der Waals surface area contributed by atoms with Gasteiger partial charge in [0.1, 0.15) is 12.5 Å². The fourth-order valence-corrected chi connectivity index (χ4v) is 2.96. The first-order chi connectivity index (χ1) is 11.7. The molecule has 1 aliphatic heterocycles. The van der Waals surface area contributed by atoms with E-state index in [0.29, 0.717) is 26.1 Å². The summed E-state index contributed by atoms with van der Waals surface area (Å²) in [5.74, 6) is -0.244. The summed E-state index contributed by atoms with van der Waals surface area (Å²) in [6.07, 6.45) is 3.00. The summed E-state index contributed by atoms with van der Waals surface area (Å²) in [5.41, 5.74) is 4.42. The highest BCUT2D eigenvalue weighted by molar-refractivity contribution is 5.55. The molecule has 0 saturated carbocycles. The molecule has 2 aromatic carbocycles. The number of aryl methyl sites for hydroxylation is 1. The Morgan fingerprint density at radius 1 is 1.17 bits per heavy atom. The van der Waals surface area contributed by atoms with E-state index in [9.17, 15) is 9.65 Å². The lowest BCUT2D eigenvalue weighted by Gasteiger charge is -2.31. The van der Waals surface area contributed by atoms with E-state index in [2.05, 4.69) is 16.5 Å². The number of hydrogen-bond donors (Lipinski definition) is 1. The molecular formula is C19H19FN4. The van der Waals surface area contributed by atoms with Gasteiger partial charge in [-0.3, -0.25) is 4.99 Å². The number of halogens is 1. The highest BCUT2D eigenvalue weighted by Crippen LogP contribution is 2.30. The van der Waals surface area contributed by atoms with Crippen LogP contribution in [0.3, 0.4) is 0 Å². The smallest absolute Gasteiger partial charge is 0.123 e. The van der Waals surface area contributed by atoms with Crippen LogP contribution in [0.15, 0.2) is 59.6 Å². The van der Waals surface area contributed by atoms with E-state index >= 15 is 0 Å². The Bertz CT molecular complexity index is 728. The van der Waals surface area contributed by atoms with E-state index in [1.54, 1.807) is 18.5 Å². The third-order valence-corrected chi connectivity index (χ3v) is 4.34. The molecule has 1 N–H and O–H groups in total. The van der Waals surface area contributed by atoms with Gasteiger partial charge in [-0.25, -0.2) is 4.39 Å². The fraction of sp³-hybridized carbons (Fsp3) is 0.263. The van der Waals surface area contributed by atoms with Gasteiger partial charge in [0, 0.05) is 6.54 Å². The first kappa shape index (κ1) is 16.2. The van der Waals surface area contributed by atoms with Crippen LogP contribution >= 0.6 is 0 Å². The zero-order valence-corrected chi connectivity index (χ0v) is 13.3. The van der Waals surface area contributed by atoms with Crippen LogP contribution in [0.25, 0.3) is 0 Å². The number of hydrogen-bond acceptors (Lipinski definition) is 4. The number of aliphatic imine (C=N–C) groups is 1. The second-order valence-corrected chi connectivity index (χ2v) is 5.97. The van der Waals surface area contributed by atoms with E-state index in [1.165, 1.54) is 12.1 Å². The van der Waals surface area contributed by atoms with Gasteiger partial charge in [-0.2, -0.15) is 10.3 Å². The minimum atomic E-state index is -0.656. The van der Waals surface area contributed by atoms with Gasteiger partial charge in [0.15, 0.2) is 0 Å². The Hall–Kier alpha value is -2.71. The van der Waals surface area contributed by atoms with E-state index in [1.807, 2.05) is 35.3 Å². The normalized spacial score (nSPS) is 16.3. The first-order valence-electron chi connectivity index (χ1n) is 7.92. The maximum Gasteiger partial charge on any atom is 0.123 e. The molecule has 1 heterocycles. The van der Waals surface area contributed by atoms with Crippen LogP contribution in [0.2, 0.25) is 0 Å². The third kappa shape index (κ3) is 3.61. The van der Waals surface area contributed by atoms with Crippen molar-refractivity contribution in [2.24, 2.45) is 4.99 Å². The highest BCUT2D eigenvalue weighted by Gasteiger charge is 2.34. The molecule has 1 atom stereocenters. The third-order valence-electron chi connectivity index (χ3n) is 4.34. The Kier molecular flexibility index (Phi) is 4.88. The van der Waals surface area contributed by atoms with Crippen LogP contribution in [0, 0.1) is 17.1 Å². The fourth-order valence-electron chi connectivity index (χ4n) is 2.96. The molecule has 0 bridgehead atoms. The minimum Gasteiger partial charge on any atom is -0.308 e. The predicted molar refractivity (Wildman–Crippen MR) is 91.7 cm³/mol. The summed E-state index contributed by atoms with van der Waals surface area (Å²) in [6, 6.07) is 18.8. The quantitative estimate of drug-likeness (QED) is 0.889. The summed E-state index contributed by atoms with van der Waals surface area (Å²) in [6.45, 7) is 1.07. The molecule has 24 heavy (non-hydrogen) atoms. The molecule has 0 saturated heterocycles. The van der Waals surface area contributed by atoms with Gasteiger partial charge >= 0.3 is 0 Å². The van der Waals surface area contributed by atoms with Crippen LogP contribution in [0.5, 0.6) is 0 Å². The molecule has 0 radical (unpaired) electrons. The van der Waals surface area contributed by atoms with Crippen molar-refractivity contribution in [2.75, 3.05) is 13.2 Å². The summed E-state index contributed by atoms with van der Waals surface area (Å²) in [7, 11) is 0. The number of hydrazine groups is 1. The maximum atomic E-state index is 13.1. The summed E-state index contributed by atoms with van der Waals surface area (Å²) >= 11 is 0. The standard InChI is InChI=1S/C19H19FN4/c20-18-8-6-16(7-9-18)10-11-19(12-21,13-24-15-22-14-23-24)17-4-2-1-3-5-17/h1-9,14H,10-11,13,15H2,(H,22,23). The lowest BCUT2D eigenvalue weighted by Crippen LogP contribution is -2.44. The number of benzene rings is 2. The number of nitriles is 1. The molecule has 122 valence electrons. The molecule has 5 heteroatoms. The lowest BCUT2D eigenvalue weighted by atomic mass is 9.77. The summed E-state index contributed by atoms with van der Waals surface area (Å²) in [5, 5.41) is 11.9. The molecule has 0 amide bonds. The second kappa shape index (κ2) is 7.24. The molecule has 2 aromatic rings. The van der Waals surface area contributed by atoms with Crippen molar-refractivity contribution in [3.63, 3.8) is 0 Å². The Labute approximate surface area is 141 Å². The minimum absolute atomic E-state index is 0.244. The molecule has 3 rings (SSSR count). The zero-order chi connectivity index (χ0) is 16.8. The van der Waals surface area contributed by atoms with Crippen molar-refractivity contribution >= 4 is 6.34 Å². The Morgan fingerprint density at radius 2 is 1.92 bits per heavy atom. The molecule has 1 unspecified atom stereocenters. The van der Waals surface area contributed by atoms with Gasteiger partial charge in [-0.05, 0) is 36.1 Å². The van der Waals surface area contributed by atoms with Gasteiger partial charge in [0.2, 0.25) is 0 Å². The van der Waals surface area contributed by atoms with Crippen molar-refractivity contribution in [3.8, 4) is 6.07 Å². The van der Waals surface area contributed by atoms with Crippen LogP contribution in [-0.4, -0.2) is 24.6 Å². The van der Waals surface area contributed by atoms with E-state index < -0.39 is 5.41 Å². The SMILES string of the molecule is N#CC(CCc1ccc(F)cc1)(CN1CN=CN1)c1ccccc1. The zero-order valence-electron chi connectivity index (χ0n) is 13.3. The molecule has 0 aromatic heterocycles. The van der Waals surface area contributed by atoms with Crippen molar-refractivity contribution in [2.45, 2.75) is 18.3 Å². The monoisotopic (exact) mass is 322 g/mol. The molecule has 0 aliphatic carbocycles. The largest absolute Gasteiger partial charge is 0.308 e. The maximum absolute atomic E-state index is 13.1. The molecule has 4 nitrogen and oxygen atoms in total. The van der Waals surface area contributed by atoms with E-state index in [0.717, 1.165) is 11.1 Å². The number of nitrogens with zero attached hydrogens (tertiary/aromatic N) is 3. The summed E-state index contributed by atoms with van der Waals surface area (Å²) < 4.78 is 13.1. The summed E-state index contributed by atoms with van der Waals surface area (Å²) in [4.78, 5) is 4.14. The van der Waals surface area contributed by atoms with Crippen LogP contribution < -0.4 is 5.43 Å². The van der Waals surface area contributed by atoms with Gasteiger partial charge in [0.05, 0.1) is 17.8 Å². The van der Waals surface area contributed by atoms with Crippen LogP contribution in [0.4, 0.5) is 4.39 Å². The molecule has 1 aliphatic rings. The average Bonchev–Trinajstić information content (AvgIpc) is 3.14. The molecule has 0 fully saturated rings. The predicted octanol–water partition coefficient (Wildman–Crippen LogP) is 3.03. The van der Waals surface area contributed by atoms with Crippen molar-refractivity contribution in [1.29, 1.82) is 5.26 Å². The Balaban J connectivity index is 1.83. The van der Waals surface area contributed by atoms with Crippen molar-refractivity contribution in [3.05, 3.63) is 71.5 Å². The number of rotatable bonds is 6.